The molecule has 0 radical (unpaired) electrons. The Morgan fingerprint density at radius 3 is 2.58 bits per heavy atom. The lowest BCUT2D eigenvalue weighted by Crippen LogP contribution is -2.28. The number of hydrogen-bond donors (Lipinski definition) is 1. The van der Waals surface area contributed by atoms with Crippen LogP contribution in [0.4, 0.5) is 5.69 Å². The van der Waals surface area contributed by atoms with Crippen LogP contribution in [0.3, 0.4) is 0 Å². The van der Waals surface area contributed by atoms with E-state index in [0.29, 0.717) is 10.1 Å². The van der Waals surface area contributed by atoms with E-state index in [9.17, 15) is 0 Å². The van der Waals surface area contributed by atoms with E-state index < -0.39 is 0 Å². The van der Waals surface area contributed by atoms with Gasteiger partial charge in [0.1, 0.15) is 0 Å². The number of halogens is 1. The molecule has 24 heavy (non-hydrogen) atoms. The van der Waals surface area contributed by atoms with Crippen LogP contribution in [0.2, 0.25) is 5.02 Å². The van der Waals surface area contributed by atoms with E-state index in [1.807, 2.05) is 48.7 Å². The van der Waals surface area contributed by atoms with Crippen LogP contribution < -0.4 is 10.2 Å². The Morgan fingerprint density at radius 1 is 1.08 bits per heavy atom. The van der Waals surface area contributed by atoms with E-state index in [4.69, 9.17) is 23.8 Å². The van der Waals surface area contributed by atoms with Gasteiger partial charge in [-0.3, -0.25) is 4.98 Å². The average Bonchev–Trinajstić information content (AvgIpc) is 3.24. The molecule has 0 spiro atoms. The standard InChI is InChI=1S/C18H14ClN3S2/c19-12-6-8-13(9-7-12)22-17(15-5-3-11-24-15)16(21-18(22)23)14-4-1-2-10-20-14/h1-11,16-17H,(H,21,23)/t16-,17+/m1/s1. The van der Waals surface area contributed by atoms with Crippen molar-refractivity contribution in [2.24, 2.45) is 0 Å². The Kier molecular flexibility index (Phi) is 4.22. The minimum atomic E-state index is 0.00743. The summed E-state index contributed by atoms with van der Waals surface area (Å²) in [7, 11) is 0. The first-order valence-corrected chi connectivity index (χ1v) is 9.20. The summed E-state index contributed by atoms with van der Waals surface area (Å²) in [4.78, 5) is 7.93. The van der Waals surface area contributed by atoms with Crippen molar-refractivity contribution in [3.8, 4) is 0 Å². The predicted molar refractivity (Wildman–Crippen MR) is 104 cm³/mol. The van der Waals surface area contributed by atoms with E-state index in [2.05, 4.69) is 32.7 Å². The van der Waals surface area contributed by atoms with Gasteiger partial charge in [0, 0.05) is 21.8 Å². The third-order valence-electron chi connectivity index (χ3n) is 4.04. The number of anilines is 1. The molecule has 1 aliphatic rings. The van der Waals surface area contributed by atoms with E-state index in [1.54, 1.807) is 11.3 Å². The van der Waals surface area contributed by atoms with Crippen LogP contribution in [-0.2, 0) is 0 Å². The third kappa shape index (κ3) is 2.79. The highest BCUT2D eigenvalue weighted by Gasteiger charge is 2.41. The molecule has 3 heterocycles. The summed E-state index contributed by atoms with van der Waals surface area (Å²) in [6, 6.07) is 18.0. The Labute approximate surface area is 154 Å². The normalized spacial score (nSPS) is 20.2. The molecule has 1 fully saturated rings. The first kappa shape index (κ1) is 15.6. The molecule has 6 heteroatoms. The summed E-state index contributed by atoms with van der Waals surface area (Å²) >= 11 is 13.4. The van der Waals surface area contributed by atoms with Gasteiger partial charge in [0.05, 0.1) is 17.8 Å². The van der Waals surface area contributed by atoms with Crippen LogP contribution in [0.25, 0.3) is 0 Å². The van der Waals surface area contributed by atoms with Gasteiger partial charge in [0.25, 0.3) is 0 Å². The zero-order valence-corrected chi connectivity index (χ0v) is 15.0. The minimum Gasteiger partial charge on any atom is -0.351 e. The van der Waals surface area contributed by atoms with Crippen molar-refractivity contribution in [2.75, 3.05) is 4.90 Å². The second-order valence-electron chi connectivity index (χ2n) is 5.49. The molecular weight excluding hydrogens is 358 g/mol. The van der Waals surface area contributed by atoms with Crippen molar-refractivity contribution in [1.82, 2.24) is 10.3 Å². The summed E-state index contributed by atoms with van der Waals surface area (Å²) in [5, 5.41) is 6.94. The van der Waals surface area contributed by atoms with Gasteiger partial charge < -0.3 is 10.2 Å². The van der Waals surface area contributed by atoms with Crippen LogP contribution in [0.5, 0.6) is 0 Å². The number of hydrogen-bond acceptors (Lipinski definition) is 3. The molecule has 120 valence electrons. The molecule has 4 rings (SSSR count). The van der Waals surface area contributed by atoms with E-state index in [-0.39, 0.29) is 12.1 Å². The molecule has 0 unspecified atom stereocenters. The van der Waals surface area contributed by atoms with Crippen molar-refractivity contribution < 1.29 is 0 Å². The summed E-state index contributed by atoms with van der Waals surface area (Å²) in [6.07, 6.45) is 1.82. The molecule has 3 nitrogen and oxygen atoms in total. The van der Waals surface area contributed by atoms with Crippen LogP contribution in [0, 0.1) is 0 Å². The van der Waals surface area contributed by atoms with Gasteiger partial charge in [-0.05, 0) is 60.1 Å². The SMILES string of the molecule is S=C1N[C@H](c2ccccn2)[C@H](c2cccs2)N1c1ccc(Cl)cc1. The Morgan fingerprint density at radius 2 is 1.92 bits per heavy atom. The second kappa shape index (κ2) is 6.51. The van der Waals surface area contributed by atoms with Crippen molar-refractivity contribution in [2.45, 2.75) is 12.1 Å². The fourth-order valence-electron chi connectivity index (χ4n) is 2.98. The molecule has 2 aromatic heterocycles. The van der Waals surface area contributed by atoms with Crippen LogP contribution in [0.1, 0.15) is 22.7 Å². The first-order valence-electron chi connectivity index (χ1n) is 7.53. The summed E-state index contributed by atoms with van der Waals surface area (Å²) in [5.74, 6) is 0. The van der Waals surface area contributed by atoms with Crippen molar-refractivity contribution in [3.05, 3.63) is 81.8 Å². The lowest BCUT2D eigenvalue weighted by atomic mass is 10.0. The molecule has 0 aliphatic carbocycles. The second-order valence-corrected chi connectivity index (χ2v) is 7.29. The number of thiophene rings is 1. The van der Waals surface area contributed by atoms with Crippen molar-refractivity contribution in [1.29, 1.82) is 0 Å². The largest absolute Gasteiger partial charge is 0.351 e. The van der Waals surface area contributed by atoms with E-state index >= 15 is 0 Å². The van der Waals surface area contributed by atoms with Crippen LogP contribution >= 0.6 is 35.2 Å². The average molecular weight is 372 g/mol. The third-order valence-corrected chi connectivity index (χ3v) is 5.55. The van der Waals surface area contributed by atoms with Gasteiger partial charge >= 0.3 is 0 Å². The summed E-state index contributed by atoms with van der Waals surface area (Å²) in [6.45, 7) is 0. The zero-order chi connectivity index (χ0) is 16.5. The summed E-state index contributed by atoms with van der Waals surface area (Å²) < 4.78 is 0. The molecule has 3 aromatic rings. The predicted octanol–water partition coefficient (Wildman–Crippen LogP) is 4.97. The van der Waals surface area contributed by atoms with Gasteiger partial charge in [0.15, 0.2) is 5.11 Å². The van der Waals surface area contributed by atoms with Crippen LogP contribution in [-0.4, -0.2) is 10.1 Å². The molecule has 0 saturated carbocycles. The zero-order valence-electron chi connectivity index (χ0n) is 12.6. The number of nitrogens with zero attached hydrogens (tertiary/aromatic N) is 2. The lowest BCUT2D eigenvalue weighted by molar-refractivity contribution is 0.575. The van der Waals surface area contributed by atoms with Crippen molar-refractivity contribution >= 4 is 46.0 Å². The number of thiocarbonyl (C=S) groups is 1. The maximum atomic E-state index is 6.04. The Hall–Kier alpha value is -1.95. The fraction of sp³-hybridized carbons (Fsp3) is 0.111. The molecule has 1 saturated heterocycles. The van der Waals surface area contributed by atoms with Gasteiger partial charge in [-0.15, -0.1) is 11.3 Å². The molecule has 0 amide bonds. The monoisotopic (exact) mass is 371 g/mol. The molecule has 0 bridgehead atoms. The Balaban J connectivity index is 1.80. The number of aromatic nitrogens is 1. The van der Waals surface area contributed by atoms with Gasteiger partial charge in [-0.25, -0.2) is 0 Å². The number of nitrogens with one attached hydrogen (secondary N) is 1. The van der Waals surface area contributed by atoms with Gasteiger partial charge in [0.2, 0.25) is 0 Å². The molecule has 1 aromatic carbocycles. The Bertz CT molecular complexity index is 834. The van der Waals surface area contributed by atoms with E-state index in [1.165, 1.54) is 4.88 Å². The number of benzene rings is 1. The number of pyridine rings is 1. The first-order chi connectivity index (χ1) is 11.7. The smallest absolute Gasteiger partial charge is 0.174 e. The van der Waals surface area contributed by atoms with Gasteiger partial charge in [-0.2, -0.15) is 0 Å². The maximum absolute atomic E-state index is 6.04. The highest BCUT2D eigenvalue weighted by molar-refractivity contribution is 7.80. The quantitative estimate of drug-likeness (QED) is 0.657. The van der Waals surface area contributed by atoms with Crippen molar-refractivity contribution in [3.63, 3.8) is 0 Å². The highest BCUT2D eigenvalue weighted by Crippen LogP contribution is 2.42. The van der Waals surface area contributed by atoms with E-state index in [0.717, 1.165) is 11.4 Å². The topological polar surface area (TPSA) is 28.2 Å². The minimum absolute atomic E-state index is 0.00743. The maximum Gasteiger partial charge on any atom is 0.174 e. The molecule has 1 N–H and O–H groups in total. The van der Waals surface area contributed by atoms with Gasteiger partial charge in [-0.1, -0.05) is 23.7 Å². The van der Waals surface area contributed by atoms with Crippen LogP contribution in [0.15, 0.2) is 66.2 Å². The highest BCUT2D eigenvalue weighted by atomic mass is 35.5. The fourth-order valence-corrected chi connectivity index (χ4v) is 4.31. The number of rotatable bonds is 3. The molecular formula is C18H14ClN3S2. The molecule has 1 aliphatic heterocycles. The lowest BCUT2D eigenvalue weighted by Gasteiger charge is -2.26. The summed E-state index contributed by atoms with van der Waals surface area (Å²) in [5.41, 5.74) is 2.00. The molecule has 2 atom stereocenters.